The van der Waals surface area contributed by atoms with Crippen molar-refractivity contribution >= 4 is 0 Å². The molecule has 0 saturated carbocycles. The van der Waals surface area contributed by atoms with E-state index >= 15 is 0 Å². The third kappa shape index (κ3) is 6.00. The predicted octanol–water partition coefficient (Wildman–Crippen LogP) is 0.675. The van der Waals surface area contributed by atoms with E-state index in [-0.39, 0.29) is 26.2 Å². The van der Waals surface area contributed by atoms with Crippen molar-refractivity contribution in [3.63, 3.8) is 0 Å². The topological polar surface area (TPSA) is 0 Å². The Kier molecular flexibility index (Phi) is 7.40. The van der Waals surface area contributed by atoms with E-state index in [1.54, 1.807) is 12.1 Å². The Balaban J connectivity index is 0.000000167. The molecular weight excluding hydrogens is 211 g/mol. The van der Waals surface area contributed by atoms with E-state index in [2.05, 4.69) is 48.5 Å². The Morgan fingerprint density at radius 2 is 0.818 bits per heavy atom. The summed E-state index contributed by atoms with van der Waals surface area (Å²) in [6.07, 6.45) is 0. The Morgan fingerprint density at radius 3 is 0.909 bits per heavy atom. The SMILES string of the molecule is [ZrH2].[c-]1[c-][c-][cH-][c-]1.[c-]1[c-][c-][cH-][c-]1. The summed E-state index contributed by atoms with van der Waals surface area (Å²) in [4.78, 5) is 0. The van der Waals surface area contributed by atoms with Gasteiger partial charge < -0.3 is 60.7 Å². The molecule has 0 radical (unpaired) electrons. The first-order valence-electron chi connectivity index (χ1n) is 2.65. The Labute approximate surface area is 86.7 Å². The largest absolute Gasteiger partial charge is 0.999 e. The van der Waals surface area contributed by atoms with E-state index < -0.39 is 0 Å². The molecule has 0 heterocycles. The maximum atomic E-state index is 2.62. The van der Waals surface area contributed by atoms with Gasteiger partial charge in [0.2, 0.25) is 0 Å². The van der Waals surface area contributed by atoms with Crippen LogP contribution in [0.4, 0.5) is 0 Å². The average Bonchev–Trinajstić information content (AvgIpc) is 2.67. The van der Waals surface area contributed by atoms with Gasteiger partial charge in [-0.2, -0.15) is 0 Å². The first kappa shape index (κ1) is 10.6. The number of rotatable bonds is 0. The molecule has 0 amide bonds. The third-order valence-electron chi connectivity index (χ3n) is 0.702. The molecule has 2 rings (SSSR count). The molecule has 0 atom stereocenters. The van der Waals surface area contributed by atoms with Gasteiger partial charge in [0, 0.05) is 0 Å². The van der Waals surface area contributed by atoms with Gasteiger partial charge in [0.05, 0.1) is 0 Å². The van der Waals surface area contributed by atoms with Crippen molar-refractivity contribution in [1.29, 1.82) is 0 Å². The zero-order valence-corrected chi connectivity index (χ0v) is 9.34. The van der Waals surface area contributed by atoms with Gasteiger partial charge in [0.25, 0.3) is 0 Å². The van der Waals surface area contributed by atoms with Crippen LogP contribution in [0.2, 0.25) is 0 Å². The maximum absolute atomic E-state index is 2.62. The molecular formula is C10H4Zr-10. The summed E-state index contributed by atoms with van der Waals surface area (Å²) in [5.41, 5.74) is 0. The van der Waals surface area contributed by atoms with Crippen molar-refractivity contribution in [2.24, 2.45) is 0 Å². The van der Waals surface area contributed by atoms with Crippen LogP contribution in [-0.4, -0.2) is 0 Å². The standard InChI is InChI=1S/2C5H.Zr.2H/c2*1-2-4-5-3-1;;;/h2*1H;;;/q2*-5;;;. The van der Waals surface area contributed by atoms with Crippen molar-refractivity contribution in [2.45, 2.75) is 0 Å². The quantitative estimate of drug-likeness (QED) is 0.567. The van der Waals surface area contributed by atoms with Gasteiger partial charge in [-0.15, -0.1) is 0 Å². The van der Waals surface area contributed by atoms with Crippen LogP contribution in [-0.2, 0) is 26.2 Å². The summed E-state index contributed by atoms with van der Waals surface area (Å²) in [6.45, 7) is 0. The summed E-state index contributed by atoms with van der Waals surface area (Å²) in [7, 11) is 0. The molecule has 0 aliphatic carbocycles. The smallest absolute Gasteiger partial charge is 0.800 e. The Bertz CT molecular complexity index is 144. The van der Waals surface area contributed by atoms with Crippen LogP contribution in [0.3, 0.4) is 0 Å². The normalized spacial score (nSPS) is 7.27. The second-order valence-electron chi connectivity index (χ2n) is 1.37. The third-order valence-corrected chi connectivity index (χ3v) is 0.702. The van der Waals surface area contributed by atoms with Crippen LogP contribution in [0.15, 0.2) is 12.1 Å². The van der Waals surface area contributed by atoms with Crippen LogP contribution >= 0.6 is 0 Å². The van der Waals surface area contributed by atoms with E-state index in [0.29, 0.717) is 0 Å². The average molecular weight is 215 g/mol. The van der Waals surface area contributed by atoms with E-state index in [1.807, 2.05) is 0 Å². The molecule has 0 nitrogen and oxygen atoms in total. The molecule has 11 heavy (non-hydrogen) atoms. The van der Waals surface area contributed by atoms with Gasteiger partial charge in [-0.25, -0.2) is 0 Å². The molecule has 58 valence electrons. The molecule has 0 spiro atoms. The first-order valence-corrected chi connectivity index (χ1v) is 2.65. The summed E-state index contributed by atoms with van der Waals surface area (Å²) < 4.78 is 0. The van der Waals surface area contributed by atoms with Gasteiger partial charge >= 0.3 is 26.2 Å². The number of hydrogen-bond acceptors (Lipinski definition) is 0. The minimum Gasteiger partial charge on any atom is -0.999 e. The molecule has 1 heteroatoms. The van der Waals surface area contributed by atoms with Gasteiger partial charge in [-0.3, -0.25) is 0 Å². The van der Waals surface area contributed by atoms with Gasteiger partial charge in [0.1, 0.15) is 0 Å². The molecule has 2 aromatic carbocycles. The van der Waals surface area contributed by atoms with E-state index in [0.717, 1.165) is 0 Å². The van der Waals surface area contributed by atoms with Crippen molar-refractivity contribution in [3.8, 4) is 0 Å². The molecule has 0 bridgehead atoms. The Morgan fingerprint density at radius 1 is 0.545 bits per heavy atom. The maximum Gasteiger partial charge on any atom is -0.800 e. The van der Waals surface area contributed by atoms with Gasteiger partial charge in [-0.1, -0.05) is 0 Å². The van der Waals surface area contributed by atoms with Crippen LogP contribution in [0.1, 0.15) is 0 Å². The van der Waals surface area contributed by atoms with Crippen LogP contribution in [0, 0.1) is 48.5 Å². The summed E-state index contributed by atoms with van der Waals surface area (Å²) in [5, 5.41) is 0. The first-order chi connectivity index (χ1) is 5.00. The van der Waals surface area contributed by atoms with Crippen LogP contribution in [0.25, 0.3) is 0 Å². The zero-order chi connectivity index (χ0) is 7.07. The van der Waals surface area contributed by atoms with Gasteiger partial charge in [0.15, 0.2) is 0 Å². The molecule has 2 aromatic rings. The van der Waals surface area contributed by atoms with Crippen molar-refractivity contribution in [1.82, 2.24) is 0 Å². The van der Waals surface area contributed by atoms with Crippen LogP contribution in [0.5, 0.6) is 0 Å². The second kappa shape index (κ2) is 7.69. The van der Waals surface area contributed by atoms with Crippen molar-refractivity contribution < 1.29 is 26.2 Å². The van der Waals surface area contributed by atoms with E-state index in [4.69, 9.17) is 0 Å². The minimum atomic E-state index is 0. The molecule has 0 aliphatic rings. The molecule has 0 N–H and O–H groups in total. The number of hydrogen-bond donors (Lipinski definition) is 0. The summed E-state index contributed by atoms with van der Waals surface area (Å²) >= 11 is 0. The zero-order valence-electron chi connectivity index (χ0n) is 5.86. The van der Waals surface area contributed by atoms with Crippen molar-refractivity contribution in [2.75, 3.05) is 0 Å². The Hall–Kier alpha value is -0.417. The van der Waals surface area contributed by atoms with E-state index in [9.17, 15) is 0 Å². The minimum absolute atomic E-state index is 0. The van der Waals surface area contributed by atoms with E-state index in [1.165, 1.54) is 0 Å². The fourth-order valence-electron chi connectivity index (χ4n) is 0.361. The van der Waals surface area contributed by atoms with Gasteiger partial charge in [-0.05, 0) is 0 Å². The summed E-state index contributed by atoms with van der Waals surface area (Å²) in [5.74, 6) is 0. The fraction of sp³-hybridized carbons (Fsp3) is 0. The molecule has 0 saturated heterocycles. The molecule has 0 fully saturated rings. The molecule has 0 unspecified atom stereocenters. The predicted molar refractivity (Wildman–Crippen MR) is 37.5 cm³/mol. The molecule has 0 aliphatic heterocycles. The monoisotopic (exact) mass is 214 g/mol. The van der Waals surface area contributed by atoms with Crippen LogP contribution < -0.4 is 0 Å². The molecule has 0 aromatic heterocycles. The van der Waals surface area contributed by atoms with Crippen molar-refractivity contribution in [3.05, 3.63) is 60.7 Å². The fourth-order valence-corrected chi connectivity index (χ4v) is 0.361. The summed E-state index contributed by atoms with van der Waals surface area (Å²) in [6, 6.07) is 24.0. The second-order valence-corrected chi connectivity index (χ2v) is 1.37.